The van der Waals surface area contributed by atoms with Crippen molar-refractivity contribution in [2.24, 2.45) is 0 Å². The van der Waals surface area contributed by atoms with Gasteiger partial charge in [0, 0.05) is 33.2 Å². The summed E-state index contributed by atoms with van der Waals surface area (Å²) in [5.41, 5.74) is 12.6. The van der Waals surface area contributed by atoms with Gasteiger partial charge >= 0.3 is 0 Å². The maximum Gasteiger partial charge on any atom is 0.227 e. The van der Waals surface area contributed by atoms with Crippen molar-refractivity contribution < 1.29 is 8.83 Å². The molecular formula is C56H35NO2. The standard InChI is InChI=1S/C56H35NO2/c1-2-13-35(14-3-1)36-25-29-38(30-26-36)53(39-31-27-37(28-32-39)48-33-40-15-4-5-16-41(40)42-17-6-7-18-43(42)48)47-22-12-21-46-49-34-50(56-57-51-23-10-11-24-52(51)58-56)44-19-8-9-20-45(44)55(49)59-54(46)47/h1-34,53H. The molecule has 1 atom stereocenters. The van der Waals surface area contributed by atoms with Crippen molar-refractivity contribution in [2.75, 3.05) is 0 Å². The topological polar surface area (TPSA) is 39.2 Å². The molecule has 0 saturated heterocycles. The summed E-state index contributed by atoms with van der Waals surface area (Å²) in [6, 6.07) is 73.7. The minimum atomic E-state index is -0.103. The molecule has 0 saturated carbocycles. The van der Waals surface area contributed by atoms with Crippen molar-refractivity contribution in [2.45, 2.75) is 5.92 Å². The lowest BCUT2D eigenvalue weighted by Crippen LogP contribution is -2.04. The lowest BCUT2D eigenvalue weighted by Gasteiger charge is -2.20. The number of nitrogens with zero attached hydrogens (tertiary/aromatic N) is 1. The van der Waals surface area contributed by atoms with E-state index >= 15 is 0 Å². The third-order valence-corrected chi connectivity index (χ3v) is 12.0. The van der Waals surface area contributed by atoms with Crippen molar-refractivity contribution in [3.63, 3.8) is 0 Å². The van der Waals surface area contributed by atoms with Gasteiger partial charge in [-0.15, -0.1) is 0 Å². The van der Waals surface area contributed by atoms with Crippen LogP contribution in [0.1, 0.15) is 22.6 Å². The molecule has 2 heterocycles. The number of aromatic nitrogens is 1. The second-order valence-electron chi connectivity index (χ2n) is 15.4. The summed E-state index contributed by atoms with van der Waals surface area (Å²) >= 11 is 0. The Balaban J connectivity index is 1.05. The molecule has 2 aromatic heterocycles. The largest absolute Gasteiger partial charge is 0.455 e. The molecule has 0 aliphatic rings. The smallest absolute Gasteiger partial charge is 0.227 e. The molecule has 1 unspecified atom stereocenters. The zero-order valence-electron chi connectivity index (χ0n) is 32.0. The van der Waals surface area contributed by atoms with Gasteiger partial charge in [0.1, 0.15) is 16.7 Å². The maximum atomic E-state index is 7.09. The Bertz CT molecular complexity index is 3510. The van der Waals surface area contributed by atoms with E-state index in [4.69, 9.17) is 13.8 Å². The summed E-state index contributed by atoms with van der Waals surface area (Å²) in [5, 5.41) is 9.20. The number of rotatable bonds is 6. The number of furan rings is 1. The highest BCUT2D eigenvalue weighted by Gasteiger charge is 2.25. The van der Waals surface area contributed by atoms with E-state index in [0.717, 1.165) is 54.9 Å². The number of hydrogen-bond acceptors (Lipinski definition) is 3. The highest BCUT2D eigenvalue weighted by Crippen LogP contribution is 2.45. The van der Waals surface area contributed by atoms with E-state index in [1.54, 1.807) is 0 Å². The van der Waals surface area contributed by atoms with Crippen LogP contribution in [0.15, 0.2) is 215 Å². The molecule has 59 heavy (non-hydrogen) atoms. The molecular weight excluding hydrogens is 719 g/mol. The van der Waals surface area contributed by atoms with E-state index in [1.165, 1.54) is 54.9 Å². The van der Waals surface area contributed by atoms with Gasteiger partial charge in [-0.2, -0.15) is 0 Å². The highest BCUT2D eigenvalue weighted by atomic mass is 16.3. The first-order valence-electron chi connectivity index (χ1n) is 20.1. The monoisotopic (exact) mass is 753 g/mol. The van der Waals surface area contributed by atoms with Crippen molar-refractivity contribution >= 4 is 65.4 Å². The molecule has 0 aliphatic carbocycles. The van der Waals surface area contributed by atoms with Crippen molar-refractivity contribution in [1.82, 2.24) is 4.98 Å². The predicted molar refractivity (Wildman–Crippen MR) is 244 cm³/mol. The number of fused-ring (bicyclic) bond motifs is 9. The molecule has 10 aromatic carbocycles. The number of oxazole rings is 1. The Hall–Kier alpha value is -7.75. The summed E-state index contributed by atoms with van der Waals surface area (Å²) in [7, 11) is 0. The maximum absolute atomic E-state index is 7.09. The molecule has 0 spiro atoms. The minimum Gasteiger partial charge on any atom is -0.455 e. The summed E-state index contributed by atoms with van der Waals surface area (Å²) in [6.07, 6.45) is 0. The van der Waals surface area contributed by atoms with Crippen LogP contribution in [-0.4, -0.2) is 4.98 Å². The number of hydrogen-bond donors (Lipinski definition) is 0. The summed E-state index contributed by atoms with van der Waals surface area (Å²) < 4.78 is 13.5. The van der Waals surface area contributed by atoms with E-state index in [9.17, 15) is 0 Å². The average Bonchev–Trinajstić information content (AvgIpc) is 3.92. The van der Waals surface area contributed by atoms with Crippen molar-refractivity contribution in [3.8, 4) is 33.7 Å². The van der Waals surface area contributed by atoms with Crippen LogP contribution >= 0.6 is 0 Å². The normalized spacial score (nSPS) is 12.3. The van der Waals surface area contributed by atoms with Gasteiger partial charge in [0.05, 0.1) is 0 Å². The molecule has 0 fully saturated rings. The van der Waals surface area contributed by atoms with Gasteiger partial charge in [0.15, 0.2) is 5.58 Å². The van der Waals surface area contributed by atoms with Gasteiger partial charge in [-0.1, -0.05) is 182 Å². The fourth-order valence-corrected chi connectivity index (χ4v) is 9.23. The van der Waals surface area contributed by atoms with Crippen LogP contribution in [0.4, 0.5) is 0 Å². The molecule has 0 radical (unpaired) electrons. The van der Waals surface area contributed by atoms with E-state index in [0.29, 0.717) is 5.89 Å². The SMILES string of the molecule is c1ccc(-c2ccc(C(c3ccc(-c4cc5ccccc5c5ccccc45)cc3)c3cccc4c3oc3c5ccccc5c(-c5nc6ccccc6o5)cc43)cc2)cc1. The molecule has 0 N–H and O–H groups in total. The van der Waals surface area contributed by atoms with Crippen molar-refractivity contribution in [3.05, 3.63) is 223 Å². The first kappa shape index (κ1) is 33.4. The first-order chi connectivity index (χ1) is 29.2. The lowest BCUT2D eigenvalue weighted by molar-refractivity contribution is 0.620. The first-order valence-corrected chi connectivity index (χ1v) is 20.1. The highest BCUT2D eigenvalue weighted by molar-refractivity contribution is 6.19. The number of benzene rings is 10. The average molecular weight is 754 g/mol. The Labute approximate surface area is 340 Å². The van der Waals surface area contributed by atoms with Crippen LogP contribution in [-0.2, 0) is 0 Å². The van der Waals surface area contributed by atoms with Crippen molar-refractivity contribution in [1.29, 1.82) is 0 Å². The molecule has 3 heteroatoms. The van der Waals surface area contributed by atoms with Gasteiger partial charge in [0.2, 0.25) is 5.89 Å². The van der Waals surface area contributed by atoms with Crippen LogP contribution in [0.25, 0.3) is 99.1 Å². The summed E-state index contributed by atoms with van der Waals surface area (Å²) in [4.78, 5) is 4.92. The van der Waals surface area contributed by atoms with Gasteiger partial charge in [-0.3, -0.25) is 0 Å². The molecule has 0 amide bonds. The third kappa shape index (κ3) is 5.47. The zero-order chi connectivity index (χ0) is 38.9. The van der Waals surface area contributed by atoms with E-state index in [1.807, 2.05) is 24.3 Å². The molecule has 3 nitrogen and oxygen atoms in total. The van der Waals surface area contributed by atoms with Gasteiger partial charge in [-0.25, -0.2) is 4.98 Å². The van der Waals surface area contributed by atoms with E-state index in [2.05, 4.69) is 182 Å². The van der Waals surface area contributed by atoms with Crippen LogP contribution < -0.4 is 0 Å². The Morgan fingerprint density at radius 1 is 0.356 bits per heavy atom. The summed E-state index contributed by atoms with van der Waals surface area (Å²) in [6.45, 7) is 0. The second kappa shape index (κ2) is 13.4. The fraction of sp³-hybridized carbons (Fsp3) is 0.0179. The second-order valence-corrected chi connectivity index (χ2v) is 15.4. The number of para-hydroxylation sites is 3. The Morgan fingerprint density at radius 3 is 1.69 bits per heavy atom. The van der Waals surface area contributed by atoms with Gasteiger partial charge in [-0.05, 0) is 84.6 Å². The molecule has 0 bridgehead atoms. The Kier molecular flexibility index (Phi) is 7.60. The molecule has 0 aliphatic heterocycles. The van der Waals surface area contributed by atoms with Crippen LogP contribution in [0.5, 0.6) is 0 Å². The molecule has 12 rings (SSSR count). The van der Waals surface area contributed by atoms with Gasteiger partial charge in [0.25, 0.3) is 0 Å². The van der Waals surface area contributed by atoms with Crippen LogP contribution in [0.2, 0.25) is 0 Å². The zero-order valence-corrected chi connectivity index (χ0v) is 32.0. The van der Waals surface area contributed by atoms with Gasteiger partial charge < -0.3 is 8.83 Å². The van der Waals surface area contributed by atoms with E-state index < -0.39 is 0 Å². The third-order valence-electron chi connectivity index (χ3n) is 12.0. The Morgan fingerprint density at radius 2 is 0.932 bits per heavy atom. The van der Waals surface area contributed by atoms with E-state index in [-0.39, 0.29) is 5.92 Å². The minimum absolute atomic E-state index is 0.103. The predicted octanol–water partition coefficient (Wildman–Crippen LogP) is 15.4. The lowest BCUT2D eigenvalue weighted by atomic mass is 9.83. The fourth-order valence-electron chi connectivity index (χ4n) is 9.23. The molecule has 12 aromatic rings. The van der Waals surface area contributed by atoms with Crippen LogP contribution in [0, 0.1) is 0 Å². The quantitative estimate of drug-likeness (QED) is 0.125. The van der Waals surface area contributed by atoms with Crippen LogP contribution in [0.3, 0.4) is 0 Å². The molecule has 276 valence electrons. The summed E-state index contributed by atoms with van der Waals surface area (Å²) in [5.74, 6) is 0.500.